The van der Waals surface area contributed by atoms with E-state index in [9.17, 15) is 8.42 Å². The van der Waals surface area contributed by atoms with Crippen molar-refractivity contribution in [3.63, 3.8) is 0 Å². The van der Waals surface area contributed by atoms with Gasteiger partial charge in [0, 0.05) is 31.2 Å². The second-order valence-electron chi connectivity index (χ2n) is 7.79. The molecule has 9 nitrogen and oxygen atoms in total. The number of benzene rings is 1. The molecule has 3 heterocycles. The zero-order valence-electron chi connectivity index (χ0n) is 17.1. The number of aromatic nitrogens is 7. The molecule has 0 bridgehead atoms. The minimum Gasteiger partial charge on any atom is -0.331 e. The summed E-state index contributed by atoms with van der Waals surface area (Å²) in [4.78, 5) is 17.7. The van der Waals surface area contributed by atoms with E-state index < -0.39 is 9.84 Å². The van der Waals surface area contributed by atoms with E-state index in [0.29, 0.717) is 23.2 Å². The molecule has 30 heavy (non-hydrogen) atoms. The van der Waals surface area contributed by atoms with E-state index in [2.05, 4.69) is 24.6 Å². The molecule has 154 valence electrons. The van der Waals surface area contributed by atoms with Gasteiger partial charge in [0.1, 0.15) is 17.5 Å². The number of hydrogen-bond acceptors (Lipinski definition) is 7. The molecule has 0 spiro atoms. The van der Waals surface area contributed by atoms with Crippen molar-refractivity contribution in [1.29, 1.82) is 0 Å². The summed E-state index contributed by atoms with van der Waals surface area (Å²) in [6, 6.07) is 9.82. The molecule has 1 fully saturated rings. The summed E-state index contributed by atoms with van der Waals surface area (Å²) in [6.07, 6.45) is 1.97. The van der Waals surface area contributed by atoms with Crippen molar-refractivity contribution in [2.75, 3.05) is 6.26 Å². The SMILES string of the molecule is Cc1nc(C)n(-c2cc(C3CC3c3nc4ccccc4n3C)nc(S(C)(=O)=O)n2)n1. The number of fused-ring (bicyclic) bond motifs is 1. The summed E-state index contributed by atoms with van der Waals surface area (Å²) < 4.78 is 28.1. The highest BCUT2D eigenvalue weighted by molar-refractivity contribution is 7.90. The Morgan fingerprint density at radius 3 is 2.47 bits per heavy atom. The Labute approximate surface area is 173 Å². The third-order valence-electron chi connectivity index (χ3n) is 5.46. The van der Waals surface area contributed by atoms with Gasteiger partial charge in [0.05, 0.1) is 16.7 Å². The Kier molecular flexibility index (Phi) is 4.04. The van der Waals surface area contributed by atoms with Gasteiger partial charge in [0.2, 0.25) is 15.0 Å². The quantitative estimate of drug-likeness (QED) is 0.463. The lowest BCUT2D eigenvalue weighted by atomic mass is 10.2. The van der Waals surface area contributed by atoms with E-state index in [1.165, 1.54) is 0 Å². The van der Waals surface area contributed by atoms with Gasteiger partial charge >= 0.3 is 0 Å². The number of para-hydroxylation sites is 2. The molecule has 2 unspecified atom stereocenters. The molecule has 1 aliphatic rings. The van der Waals surface area contributed by atoms with Crippen LogP contribution in [0.15, 0.2) is 35.5 Å². The molecule has 3 aromatic heterocycles. The molecule has 2 atom stereocenters. The maximum absolute atomic E-state index is 12.2. The molecule has 0 aliphatic heterocycles. The minimum absolute atomic E-state index is 0.0766. The van der Waals surface area contributed by atoms with Crippen LogP contribution in [0.4, 0.5) is 0 Å². The average molecular weight is 424 g/mol. The highest BCUT2D eigenvalue weighted by Gasteiger charge is 2.44. The fourth-order valence-corrected chi connectivity index (χ4v) is 4.47. The largest absolute Gasteiger partial charge is 0.331 e. The predicted octanol–water partition coefficient (Wildman–Crippen LogP) is 2.24. The molecule has 0 N–H and O–H groups in total. The first-order valence-electron chi connectivity index (χ1n) is 9.63. The maximum Gasteiger partial charge on any atom is 0.249 e. The number of nitrogens with zero attached hydrogens (tertiary/aromatic N) is 7. The molecule has 1 saturated carbocycles. The van der Waals surface area contributed by atoms with E-state index in [1.807, 2.05) is 37.4 Å². The van der Waals surface area contributed by atoms with Crippen LogP contribution in [0.1, 0.15) is 41.4 Å². The highest BCUT2D eigenvalue weighted by Crippen LogP contribution is 2.54. The van der Waals surface area contributed by atoms with Gasteiger partial charge in [0.25, 0.3) is 0 Å². The predicted molar refractivity (Wildman–Crippen MR) is 110 cm³/mol. The van der Waals surface area contributed by atoms with E-state index >= 15 is 0 Å². The van der Waals surface area contributed by atoms with Crippen LogP contribution < -0.4 is 0 Å². The number of hydrogen-bond donors (Lipinski definition) is 0. The third-order valence-corrected chi connectivity index (χ3v) is 6.31. The fourth-order valence-electron chi connectivity index (χ4n) is 3.94. The second kappa shape index (κ2) is 6.43. The molecule has 1 aliphatic carbocycles. The zero-order chi connectivity index (χ0) is 21.2. The zero-order valence-corrected chi connectivity index (χ0v) is 17.9. The van der Waals surface area contributed by atoms with E-state index in [4.69, 9.17) is 4.98 Å². The average Bonchev–Trinajstić information content (AvgIpc) is 3.32. The Morgan fingerprint density at radius 2 is 1.80 bits per heavy atom. The number of imidazole rings is 1. The Morgan fingerprint density at radius 1 is 1.03 bits per heavy atom. The normalized spacial score (nSPS) is 18.8. The van der Waals surface area contributed by atoms with Crippen LogP contribution in [0.25, 0.3) is 16.9 Å². The summed E-state index contributed by atoms with van der Waals surface area (Å²) >= 11 is 0. The van der Waals surface area contributed by atoms with Crippen molar-refractivity contribution < 1.29 is 8.42 Å². The first-order valence-corrected chi connectivity index (χ1v) is 11.5. The highest BCUT2D eigenvalue weighted by atomic mass is 32.2. The monoisotopic (exact) mass is 423 g/mol. The number of aryl methyl sites for hydroxylation is 3. The first kappa shape index (κ1) is 18.9. The standard InChI is InChI=1S/C20H21N7O2S/c1-11-21-12(2)27(25-11)18-10-16(23-20(24-18)30(4,28)29)13-9-14(13)19-22-15-7-5-6-8-17(15)26(19)3/h5-8,10,13-14H,9H2,1-4H3. The Hall–Kier alpha value is -3.14. The lowest BCUT2D eigenvalue weighted by molar-refractivity contribution is 0.589. The maximum atomic E-state index is 12.2. The third kappa shape index (κ3) is 3.07. The molecule has 1 aromatic carbocycles. The summed E-state index contributed by atoms with van der Waals surface area (Å²) in [7, 11) is -1.57. The van der Waals surface area contributed by atoms with Crippen LogP contribution in [0.3, 0.4) is 0 Å². The van der Waals surface area contributed by atoms with E-state index in [0.717, 1.165) is 29.5 Å². The Balaban J connectivity index is 1.58. The molecule has 0 saturated heterocycles. The molecular weight excluding hydrogens is 402 g/mol. The van der Waals surface area contributed by atoms with Crippen molar-refractivity contribution in [1.82, 2.24) is 34.3 Å². The van der Waals surface area contributed by atoms with Crippen molar-refractivity contribution in [2.45, 2.75) is 37.3 Å². The van der Waals surface area contributed by atoms with Gasteiger partial charge in [0.15, 0.2) is 5.82 Å². The molecular formula is C20H21N7O2S. The summed E-state index contributed by atoms with van der Waals surface area (Å²) in [5.41, 5.74) is 2.71. The van der Waals surface area contributed by atoms with Gasteiger partial charge in [-0.15, -0.1) is 5.10 Å². The lowest BCUT2D eigenvalue weighted by Crippen LogP contribution is -2.12. The molecule has 10 heteroatoms. The van der Waals surface area contributed by atoms with Crippen LogP contribution in [-0.2, 0) is 16.9 Å². The van der Waals surface area contributed by atoms with Crippen LogP contribution in [0.5, 0.6) is 0 Å². The van der Waals surface area contributed by atoms with Gasteiger partial charge in [-0.3, -0.25) is 0 Å². The topological polar surface area (TPSA) is 108 Å². The van der Waals surface area contributed by atoms with Crippen molar-refractivity contribution in [3.8, 4) is 5.82 Å². The van der Waals surface area contributed by atoms with Gasteiger partial charge in [-0.2, -0.15) is 9.67 Å². The summed E-state index contributed by atoms with van der Waals surface area (Å²) in [5, 5.41) is 4.15. The van der Waals surface area contributed by atoms with Gasteiger partial charge in [-0.05, 0) is 32.4 Å². The first-order chi connectivity index (χ1) is 14.2. The smallest absolute Gasteiger partial charge is 0.249 e. The number of sulfone groups is 1. The van der Waals surface area contributed by atoms with Crippen molar-refractivity contribution in [2.24, 2.45) is 7.05 Å². The van der Waals surface area contributed by atoms with Gasteiger partial charge < -0.3 is 4.57 Å². The minimum atomic E-state index is -3.58. The van der Waals surface area contributed by atoms with E-state index in [1.54, 1.807) is 18.5 Å². The van der Waals surface area contributed by atoms with Crippen molar-refractivity contribution >= 4 is 20.9 Å². The fraction of sp³-hybridized carbons (Fsp3) is 0.350. The van der Waals surface area contributed by atoms with Crippen LogP contribution in [0.2, 0.25) is 0 Å². The van der Waals surface area contributed by atoms with Gasteiger partial charge in [-0.25, -0.2) is 23.4 Å². The lowest BCUT2D eigenvalue weighted by Gasteiger charge is -2.08. The summed E-state index contributed by atoms with van der Waals surface area (Å²) in [6.45, 7) is 3.59. The Bertz CT molecular complexity index is 1400. The van der Waals surface area contributed by atoms with Crippen LogP contribution >= 0.6 is 0 Å². The van der Waals surface area contributed by atoms with Crippen molar-refractivity contribution in [3.05, 3.63) is 53.5 Å². The second-order valence-corrected chi connectivity index (χ2v) is 9.70. The van der Waals surface area contributed by atoms with Crippen LogP contribution in [-0.4, -0.2) is 49.0 Å². The molecule has 4 aromatic rings. The molecule has 0 amide bonds. The number of rotatable bonds is 4. The van der Waals surface area contributed by atoms with E-state index in [-0.39, 0.29) is 17.0 Å². The van der Waals surface area contributed by atoms with Crippen LogP contribution in [0, 0.1) is 13.8 Å². The molecule has 5 rings (SSSR count). The van der Waals surface area contributed by atoms with Gasteiger partial charge in [-0.1, -0.05) is 12.1 Å². The molecule has 0 radical (unpaired) electrons. The summed E-state index contributed by atoms with van der Waals surface area (Å²) in [5.74, 6) is 2.88.